The molecule has 0 aliphatic heterocycles. The van der Waals surface area contributed by atoms with Crippen LogP contribution in [-0.2, 0) is 0 Å². The van der Waals surface area contributed by atoms with Gasteiger partial charge in [-0.15, -0.1) is 0 Å². The van der Waals surface area contributed by atoms with E-state index in [9.17, 15) is 0 Å². The molecule has 0 N–H and O–H groups in total. The monoisotopic (exact) mass is 257 g/mol. The number of hydrogen-bond acceptors (Lipinski definition) is 4. The summed E-state index contributed by atoms with van der Waals surface area (Å²) in [6.07, 6.45) is 0. The SMILES string of the molecule is Cc1cc(OCCN(C)C)nc(-c2ccccc2)n1. The Kier molecular flexibility index (Phi) is 4.47. The summed E-state index contributed by atoms with van der Waals surface area (Å²) in [4.78, 5) is 11.0. The van der Waals surface area contributed by atoms with Gasteiger partial charge in [0.05, 0.1) is 0 Å². The molecule has 0 bridgehead atoms. The molecule has 0 radical (unpaired) electrons. The number of ether oxygens (including phenoxy) is 1. The van der Waals surface area contributed by atoms with Crippen LogP contribution in [-0.4, -0.2) is 42.1 Å². The molecule has 0 spiro atoms. The molecule has 0 fully saturated rings. The maximum atomic E-state index is 5.67. The van der Waals surface area contributed by atoms with Crippen LogP contribution in [0.15, 0.2) is 36.4 Å². The van der Waals surface area contributed by atoms with Gasteiger partial charge < -0.3 is 9.64 Å². The minimum Gasteiger partial charge on any atom is -0.476 e. The number of aryl methyl sites for hydroxylation is 1. The Hall–Kier alpha value is -1.94. The van der Waals surface area contributed by atoms with Crippen molar-refractivity contribution in [3.8, 4) is 17.3 Å². The summed E-state index contributed by atoms with van der Waals surface area (Å²) >= 11 is 0. The molecule has 1 heterocycles. The third-order valence-corrected chi connectivity index (χ3v) is 2.65. The lowest BCUT2D eigenvalue weighted by Gasteiger charge is -2.11. The molecule has 0 saturated carbocycles. The summed E-state index contributed by atoms with van der Waals surface area (Å²) in [7, 11) is 4.04. The van der Waals surface area contributed by atoms with E-state index < -0.39 is 0 Å². The topological polar surface area (TPSA) is 38.2 Å². The van der Waals surface area contributed by atoms with Gasteiger partial charge in [0.2, 0.25) is 5.88 Å². The van der Waals surface area contributed by atoms with Crippen LogP contribution in [0.25, 0.3) is 11.4 Å². The quantitative estimate of drug-likeness (QED) is 0.824. The smallest absolute Gasteiger partial charge is 0.217 e. The molecular formula is C15H19N3O. The molecule has 0 aliphatic rings. The van der Waals surface area contributed by atoms with E-state index in [0.29, 0.717) is 18.3 Å². The lowest BCUT2D eigenvalue weighted by Crippen LogP contribution is -2.19. The molecule has 0 unspecified atom stereocenters. The van der Waals surface area contributed by atoms with Crippen molar-refractivity contribution in [2.75, 3.05) is 27.2 Å². The van der Waals surface area contributed by atoms with Gasteiger partial charge in [0, 0.05) is 23.9 Å². The van der Waals surface area contributed by atoms with E-state index >= 15 is 0 Å². The summed E-state index contributed by atoms with van der Waals surface area (Å²) < 4.78 is 5.67. The Labute approximate surface area is 114 Å². The second kappa shape index (κ2) is 6.29. The highest BCUT2D eigenvalue weighted by molar-refractivity contribution is 5.55. The lowest BCUT2D eigenvalue weighted by molar-refractivity contribution is 0.253. The Morgan fingerprint density at radius 3 is 2.53 bits per heavy atom. The fourth-order valence-corrected chi connectivity index (χ4v) is 1.66. The molecule has 0 saturated heterocycles. The number of nitrogens with zero attached hydrogens (tertiary/aromatic N) is 3. The lowest BCUT2D eigenvalue weighted by atomic mass is 10.2. The Bertz CT molecular complexity index is 526. The first-order valence-electron chi connectivity index (χ1n) is 6.34. The van der Waals surface area contributed by atoms with Crippen molar-refractivity contribution in [1.82, 2.24) is 14.9 Å². The maximum Gasteiger partial charge on any atom is 0.217 e. The molecule has 4 heteroatoms. The van der Waals surface area contributed by atoms with Crippen molar-refractivity contribution in [1.29, 1.82) is 0 Å². The maximum absolute atomic E-state index is 5.67. The van der Waals surface area contributed by atoms with E-state index in [1.165, 1.54) is 0 Å². The third-order valence-electron chi connectivity index (χ3n) is 2.65. The third kappa shape index (κ3) is 4.03. The summed E-state index contributed by atoms with van der Waals surface area (Å²) in [5, 5.41) is 0. The van der Waals surface area contributed by atoms with Crippen molar-refractivity contribution in [3.63, 3.8) is 0 Å². The van der Waals surface area contributed by atoms with E-state index in [2.05, 4.69) is 14.9 Å². The van der Waals surface area contributed by atoms with Crippen LogP contribution < -0.4 is 4.74 Å². The van der Waals surface area contributed by atoms with E-state index in [1.807, 2.05) is 57.4 Å². The van der Waals surface area contributed by atoms with Gasteiger partial charge in [-0.2, -0.15) is 4.98 Å². The summed E-state index contributed by atoms with van der Waals surface area (Å²) in [5.74, 6) is 1.34. The van der Waals surface area contributed by atoms with Crippen LogP contribution in [0.5, 0.6) is 5.88 Å². The fourth-order valence-electron chi connectivity index (χ4n) is 1.66. The zero-order chi connectivity index (χ0) is 13.7. The molecule has 19 heavy (non-hydrogen) atoms. The van der Waals surface area contributed by atoms with Gasteiger partial charge in [0.15, 0.2) is 5.82 Å². The van der Waals surface area contributed by atoms with E-state index in [4.69, 9.17) is 4.74 Å². The molecule has 4 nitrogen and oxygen atoms in total. The van der Waals surface area contributed by atoms with Gasteiger partial charge in [0.25, 0.3) is 0 Å². The van der Waals surface area contributed by atoms with Crippen LogP contribution in [0.3, 0.4) is 0 Å². The van der Waals surface area contributed by atoms with Crippen LogP contribution in [0.2, 0.25) is 0 Å². The molecule has 0 atom stereocenters. The highest BCUT2D eigenvalue weighted by atomic mass is 16.5. The highest BCUT2D eigenvalue weighted by Gasteiger charge is 2.05. The van der Waals surface area contributed by atoms with Crippen molar-refractivity contribution in [2.24, 2.45) is 0 Å². The molecule has 1 aromatic carbocycles. The summed E-state index contributed by atoms with van der Waals surface area (Å²) in [6, 6.07) is 11.8. The first-order valence-corrected chi connectivity index (χ1v) is 6.34. The van der Waals surface area contributed by atoms with Crippen LogP contribution in [0, 0.1) is 6.92 Å². The number of benzene rings is 1. The van der Waals surface area contributed by atoms with Crippen LogP contribution >= 0.6 is 0 Å². The normalized spacial score (nSPS) is 10.7. The summed E-state index contributed by atoms with van der Waals surface area (Å²) in [6.45, 7) is 3.44. The fraction of sp³-hybridized carbons (Fsp3) is 0.333. The molecule has 100 valence electrons. The number of likely N-dealkylation sites (N-methyl/N-ethyl adjacent to an activating group) is 1. The average Bonchev–Trinajstić information content (AvgIpc) is 2.39. The van der Waals surface area contributed by atoms with Gasteiger partial charge in [-0.1, -0.05) is 30.3 Å². The highest BCUT2D eigenvalue weighted by Crippen LogP contribution is 2.18. The first-order chi connectivity index (χ1) is 9.15. The molecule has 2 rings (SSSR count). The number of aromatic nitrogens is 2. The van der Waals surface area contributed by atoms with Crippen molar-refractivity contribution in [3.05, 3.63) is 42.1 Å². The second-order valence-electron chi connectivity index (χ2n) is 4.69. The van der Waals surface area contributed by atoms with Gasteiger partial charge in [-0.25, -0.2) is 4.98 Å². The Morgan fingerprint density at radius 2 is 1.84 bits per heavy atom. The van der Waals surface area contributed by atoms with E-state index in [1.54, 1.807) is 0 Å². The Morgan fingerprint density at radius 1 is 1.11 bits per heavy atom. The first kappa shape index (κ1) is 13.5. The molecule has 1 aromatic heterocycles. The van der Waals surface area contributed by atoms with Crippen molar-refractivity contribution in [2.45, 2.75) is 6.92 Å². The average molecular weight is 257 g/mol. The Balaban J connectivity index is 2.16. The number of hydrogen-bond donors (Lipinski definition) is 0. The van der Waals surface area contributed by atoms with Crippen LogP contribution in [0.1, 0.15) is 5.69 Å². The van der Waals surface area contributed by atoms with Crippen molar-refractivity contribution >= 4 is 0 Å². The molecule has 0 amide bonds. The molecular weight excluding hydrogens is 238 g/mol. The number of rotatable bonds is 5. The zero-order valence-corrected chi connectivity index (χ0v) is 11.6. The molecule has 2 aromatic rings. The second-order valence-corrected chi connectivity index (χ2v) is 4.69. The van der Waals surface area contributed by atoms with Gasteiger partial charge in [0.1, 0.15) is 6.61 Å². The van der Waals surface area contributed by atoms with E-state index in [0.717, 1.165) is 17.8 Å². The zero-order valence-electron chi connectivity index (χ0n) is 11.6. The predicted molar refractivity (Wildman–Crippen MR) is 76.3 cm³/mol. The van der Waals surface area contributed by atoms with Gasteiger partial charge >= 0.3 is 0 Å². The summed E-state index contributed by atoms with van der Waals surface area (Å²) in [5.41, 5.74) is 1.91. The largest absolute Gasteiger partial charge is 0.476 e. The minimum absolute atomic E-state index is 0.623. The predicted octanol–water partition coefficient (Wildman–Crippen LogP) is 2.39. The van der Waals surface area contributed by atoms with E-state index in [-0.39, 0.29) is 0 Å². The van der Waals surface area contributed by atoms with Crippen molar-refractivity contribution < 1.29 is 4.74 Å². The van der Waals surface area contributed by atoms with Gasteiger partial charge in [-0.3, -0.25) is 0 Å². The molecule has 0 aliphatic carbocycles. The van der Waals surface area contributed by atoms with Gasteiger partial charge in [-0.05, 0) is 21.0 Å². The minimum atomic E-state index is 0.623. The van der Waals surface area contributed by atoms with Crippen LogP contribution in [0.4, 0.5) is 0 Å². The standard InChI is InChI=1S/C15H19N3O/c1-12-11-14(19-10-9-18(2)3)17-15(16-12)13-7-5-4-6-8-13/h4-8,11H,9-10H2,1-3H3.